The van der Waals surface area contributed by atoms with Crippen molar-refractivity contribution in [2.24, 2.45) is 11.0 Å². The molecule has 3 heterocycles. The van der Waals surface area contributed by atoms with Crippen LogP contribution in [0.4, 0.5) is 5.82 Å². The third-order valence-corrected chi connectivity index (χ3v) is 7.64. The Balaban J connectivity index is 1.34. The largest absolute Gasteiger partial charge is 0.488 e. The Morgan fingerprint density at radius 2 is 1.95 bits per heavy atom. The average molecular weight is 619 g/mol. The van der Waals surface area contributed by atoms with E-state index < -0.39 is 5.91 Å². The maximum Gasteiger partial charge on any atom is 0.293 e. The first kappa shape index (κ1) is 28.8. The average Bonchev–Trinajstić information content (AvgIpc) is 3.56. The Morgan fingerprint density at radius 1 is 1.20 bits per heavy atom. The third kappa shape index (κ3) is 6.79. The van der Waals surface area contributed by atoms with Gasteiger partial charge in [0.2, 0.25) is 11.6 Å². The summed E-state index contributed by atoms with van der Waals surface area (Å²) >= 11 is 18.7. The number of hydrazone groups is 1. The Kier molecular flexibility index (Phi) is 9.03. The predicted molar refractivity (Wildman–Crippen MR) is 155 cm³/mol. The van der Waals surface area contributed by atoms with Gasteiger partial charge in [0.25, 0.3) is 5.91 Å². The SMILES string of the molecule is CC1CCN(Cc2c(C(=O)NN=Cc3cc(Cl)ccc3OCc3c(Cl)cccc3Cl)nnn2-c2nonc2N)CC1. The number of ether oxygens (including phenoxy) is 1. The highest BCUT2D eigenvalue weighted by atomic mass is 35.5. The number of halogens is 3. The van der Waals surface area contributed by atoms with Gasteiger partial charge in [0.1, 0.15) is 12.4 Å². The van der Waals surface area contributed by atoms with Crippen LogP contribution >= 0.6 is 34.8 Å². The highest BCUT2D eigenvalue weighted by molar-refractivity contribution is 6.36. The quantitative estimate of drug-likeness (QED) is 0.200. The van der Waals surface area contributed by atoms with Crippen LogP contribution in [-0.4, -0.2) is 55.4 Å². The van der Waals surface area contributed by atoms with E-state index in [1.807, 2.05) is 0 Å². The summed E-state index contributed by atoms with van der Waals surface area (Å²) in [4.78, 5) is 15.4. The number of anilines is 1. The maximum atomic E-state index is 13.2. The van der Waals surface area contributed by atoms with E-state index in [-0.39, 0.29) is 23.9 Å². The molecular weight excluding hydrogens is 593 g/mol. The lowest BCUT2D eigenvalue weighted by Gasteiger charge is -2.30. The number of piperidine rings is 1. The molecule has 1 fully saturated rings. The topological polar surface area (TPSA) is 150 Å². The number of hydrogen-bond donors (Lipinski definition) is 2. The Hall–Kier alpha value is -3.71. The summed E-state index contributed by atoms with van der Waals surface area (Å²) in [5.41, 5.74) is 10.1. The lowest BCUT2D eigenvalue weighted by Crippen LogP contribution is -2.34. The molecule has 0 bridgehead atoms. The molecule has 0 saturated carbocycles. The van der Waals surface area contributed by atoms with Crippen molar-refractivity contribution in [3.05, 3.63) is 74.0 Å². The number of amides is 1. The Labute approximate surface area is 250 Å². The van der Waals surface area contributed by atoms with Gasteiger partial charge in [-0.05, 0) is 72.5 Å². The van der Waals surface area contributed by atoms with E-state index in [0.29, 0.717) is 50.1 Å². The van der Waals surface area contributed by atoms with Gasteiger partial charge >= 0.3 is 0 Å². The number of nitrogens with zero attached hydrogens (tertiary/aromatic N) is 7. The van der Waals surface area contributed by atoms with E-state index in [2.05, 4.69) is 43.0 Å². The van der Waals surface area contributed by atoms with Gasteiger partial charge in [-0.15, -0.1) is 5.10 Å². The van der Waals surface area contributed by atoms with Gasteiger partial charge < -0.3 is 10.5 Å². The van der Waals surface area contributed by atoms with Crippen molar-refractivity contribution in [2.75, 3.05) is 18.8 Å². The van der Waals surface area contributed by atoms with E-state index >= 15 is 0 Å². The molecule has 0 unspecified atom stereocenters. The van der Waals surface area contributed by atoms with Gasteiger partial charge in [-0.2, -0.15) is 9.78 Å². The standard InChI is InChI=1S/C26H26Cl3N9O3/c1-15-7-9-37(10-8-15)13-21-23(32-36-38(21)25-24(30)34-41-35-25)26(39)33-31-12-16-11-17(27)5-6-22(16)40-14-18-19(28)3-2-4-20(18)29/h2-6,11-12,15H,7-10,13-14H2,1H3,(H2,30,34)(H,33,39). The van der Waals surface area contributed by atoms with E-state index in [0.717, 1.165) is 25.9 Å². The van der Waals surface area contributed by atoms with Gasteiger partial charge in [-0.3, -0.25) is 9.69 Å². The zero-order valence-corrected chi connectivity index (χ0v) is 24.2. The predicted octanol–water partition coefficient (Wildman–Crippen LogP) is 4.77. The lowest BCUT2D eigenvalue weighted by molar-refractivity contribution is 0.0946. The highest BCUT2D eigenvalue weighted by Crippen LogP contribution is 2.28. The maximum absolute atomic E-state index is 13.2. The molecule has 41 heavy (non-hydrogen) atoms. The molecule has 214 valence electrons. The van der Waals surface area contributed by atoms with Crippen molar-refractivity contribution in [3.63, 3.8) is 0 Å². The number of aromatic nitrogens is 5. The van der Waals surface area contributed by atoms with Crippen LogP contribution < -0.4 is 15.9 Å². The van der Waals surface area contributed by atoms with Gasteiger partial charge in [-0.1, -0.05) is 53.0 Å². The van der Waals surface area contributed by atoms with Crippen LogP contribution in [-0.2, 0) is 13.2 Å². The van der Waals surface area contributed by atoms with Crippen LogP contribution in [0.3, 0.4) is 0 Å². The minimum Gasteiger partial charge on any atom is -0.488 e. The summed E-state index contributed by atoms with van der Waals surface area (Å²) in [6.45, 7) is 4.48. The monoisotopic (exact) mass is 617 g/mol. The molecule has 1 aliphatic heterocycles. The smallest absolute Gasteiger partial charge is 0.293 e. The minimum absolute atomic E-state index is 0.0277. The van der Waals surface area contributed by atoms with Crippen molar-refractivity contribution >= 4 is 52.7 Å². The molecule has 15 heteroatoms. The lowest BCUT2D eigenvalue weighted by atomic mass is 9.99. The van der Waals surface area contributed by atoms with E-state index in [1.54, 1.807) is 36.4 Å². The number of carbonyl (C=O) groups is 1. The van der Waals surface area contributed by atoms with Crippen molar-refractivity contribution in [1.29, 1.82) is 0 Å². The summed E-state index contributed by atoms with van der Waals surface area (Å²) < 4.78 is 12.1. The van der Waals surface area contributed by atoms with Gasteiger partial charge in [0.15, 0.2) is 5.69 Å². The molecule has 2 aromatic heterocycles. The number of nitrogens with one attached hydrogen (secondary N) is 1. The molecule has 1 aliphatic rings. The molecule has 2 aromatic carbocycles. The van der Waals surface area contributed by atoms with E-state index in [9.17, 15) is 4.79 Å². The second-order valence-electron chi connectivity index (χ2n) is 9.60. The molecule has 0 radical (unpaired) electrons. The fourth-order valence-corrected chi connectivity index (χ4v) is 5.03. The van der Waals surface area contributed by atoms with Crippen LogP contribution in [0.25, 0.3) is 5.82 Å². The molecule has 0 aliphatic carbocycles. The molecule has 4 aromatic rings. The van der Waals surface area contributed by atoms with Gasteiger partial charge in [0, 0.05) is 32.7 Å². The first-order chi connectivity index (χ1) is 19.8. The Bertz CT molecular complexity index is 1540. The van der Waals surface area contributed by atoms with Crippen molar-refractivity contribution in [3.8, 4) is 11.6 Å². The van der Waals surface area contributed by atoms with E-state index in [1.165, 1.54) is 10.9 Å². The minimum atomic E-state index is -0.574. The zero-order valence-electron chi connectivity index (χ0n) is 21.9. The summed E-state index contributed by atoms with van der Waals surface area (Å²) in [7, 11) is 0. The number of nitrogens with two attached hydrogens (primary N) is 1. The number of nitrogen functional groups attached to an aromatic ring is 1. The molecule has 12 nitrogen and oxygen atoms in total. The number of benzene rings is 2. The third-order valence-electron chi connectivity index (χ3n) is 6.70. The molecule has 3 N–H and O–H groups in total. The summed E-state index contributed by atoms with van der Waals surface area (Å²) in [5, 5.41) is 21.2. The highest BCUT2D eigenvalue weighted by Gasteiger charge is 2.27. The number of likely N-dealkylation sites (tertiary alicyclic amines) is 1. The number of rotatable bonds is 9. The fraction of sp³-hybridized carbons (Fsp3) is 0.308. The first-order valence-corrected chi connectivity index (χ1v) is 13.9. The van der Waals surface area contributed by atoms with Crippen LogP contribution in [0, 0.1) is 5.92 Å². The normalized spacial score (nSPS) is 14.5. The zero-order chi connectivity index (χ0) is 28.9. The van der Waals surface area contributed by atoms with Crippen LogP contribution in [0.1, 0.15) is 47.1 Å². The van der Waals surface area contributed by atoms with Crippen LogP contribution in [0.15, 0.2) is 46.1 Å². The molecule has 0 atom stereocenters. The molecule has 5 rings (SSSR count). The summed E-state index contributed by atoms with van der Waals surface area (Å²) in [6.07, 6.45) is 3.52. The summed E-state index contributed by atoms with van der Waals surface area (Å²) in [5.74, 6) is 0.710. The molecule has 0 spiro atoms. The summed E-state index contributed by atoms with van der Waals surface area (Å²) in [6, 6.07) is 10.2. The van der Waals surface area contributed by atoms with Crippen molar-refractivity contribution in [2.45, 2.75) is 32.9 Å². The molecular formula is C26H26Cl3N9O3. The van der Waals surface area contributed by atoms with Crippen LogP contribution in [0.2, 0.25) is 15.1 Å². The van der Waals surface area contributed by atoms with Crippen molar-refractivity contribution < 1.29 is 14.2 Å². The number of hydrogen-bond acceptors (Lipinski definition) is 10. The number of carbonyl (C=O) groups excluding carboxylic acids is 1. The van der Waals surface area contributed by atoms with E-state index in [4.69, 9.17) is 49.9 Å². The van der Waals surface area contributed by atoms with Crippen molar-refractivity contribution in [1.82, 2.24) is 35.6 Å². The second-order valence-corrected chi connectivity index (χ2v) is 10.8. The first-order valence-electron chi connectivity index (χ1n) is 12.7. The van der Waals surface area contributed by atoms with Crippen LogP contribution in [0.5, 0.6) is 5.75 Å². The van der Waals surface area contributed by atoms with Gasteiger partial charge in [0.05, 0.1) is 11.9 Å². The van der Waals surface area contributed by atoms with Gasteiger partial charge in [-0.25, -0.2) is 10.1 Å². The Morgan fingerprint density at radius 3 is 2.66 bits per heavy atom. The second kappa shape index (κ2) is 12.9. The molecule has 1 saturated heterocycles. The molecule has 1 amide bonds. The fourth-order valence-electron chi connectivity index (χ4n) is 4.34.